The van der Waals surface area contributed by atoms with Gasteiger partial charge >= 0.3 is 0 Å². The van der Waals surface area contributed by atoms with Crippen molar-refractivity contribution in [1.82, 2.24) is 0 Å². The molecule has 0 atom stereocenters. The summed E-state index contributed by atoms with van der Waals surface area (Å²) in [5.74, 6) is 2.49. The molecule has 0 unspecified atom stereocenters. The van der Waals surface area contributed by atoms with Crippen molar-refractivity contribution in [3.63, 3.8) is 0 Å². The summed E-state index contributed by atoms with van der Waals surface area (Å²) in [5.41, 5.74) is 3.00. The molecule has 3 rings (SSSR count). The van der Waals surface area contributed by atoms with Crippen molar-refractivity contribution in [2.24, 2.45) is 0 Å². The Morgan fingerprint density at radius 1 is 1.00 bits per heavy atom. The van der Waals surface area contributed by atoms with E-state index in [0.29, 0.717) is 4.58 Å². The first-order chi connectivity index (χ1) is 11.2. The molecule has 0 bridgehead atoms. The molecule has 0 N–H and O–H groups in total. The molecular weight excluding hydrogens is 322 g/mol. The first-order valence-electron chi connectivity index (χ1n) is 7.88. The highest BCUT2D eigenvalue weighted by atomic mass is 32.2. The molecule has 0 aliphatic carbocycles. The fourth-order valence-corrected chi connectivity index (χ4v) is 5.57. The minimum atomic E-state index is 0.0597. The van der Waals surface area contributed by atoms with Gasteiger partial charge in [0.05, 0.1) is 4.58 Å². The van der Waals surface area contributed by atoms with Gasteiger partial charge in [-0.05, 0) is 43.7 Å². The first kappa shape index (κ1) is 16.5. The fourth-order valence-electron chi connectivity index (χ4n) is 2.71. The lowest BCUT2D eigenvalue weighted by Gasteiger charge is -2.27. The summed E-state index contributed by atoms with van der Waals surface area (Å²) in [7, 11) is 0. The van der Waals surface area contributed by atoms with Gasteiger partial charge in [0.1, 0.15) is 0 Å². The lowest BCUT2D eigenvalue weighted by atomic mass is 10.1. The van der Waals surface area contributed by atoms with Crippen molar-refractivity contribution in [2.45, 2.75) is 24.5 Å². The Kier molecular flexibility index (Phi) is 5.34. The second-order valence-corrected chi connectivity index (χ2v) is 8.52. The summed E-state index contributed by atoms with van der Waals surface area (Å²) in [6.07, 6.45) is 0. The van der Waals surface area contributed by atoms with Crippen molar-refractivity contribution in [1.29, 1.82) is 0 Å². The third kappa shape index (κ3) is 3.75. The molecule has 1 aliphatic rings. The molecule has 1 amide bonds. The lowest BCUT2D eigenvalue weighted by Crippen LogP contribution is -2.37. The van der Waals surface area contributed by atoms with Crippen LogP contribution < -0.4 is 4.90 Å². The Morgan fingerprint density at radius 3 is 2.17 bits per heavy atom. The molecule has 1 saturated heterocycles. The van der Waals surface area contributed by atoms with E-state index in [1.54, 1.807) is 0 Å². The molecule has 23 heavy (non-hydrogen) atoms. The number of rotatable bonds is 4. The number of carbonyl (C=O) groups is 1. The van der Waals surface area contributed by atoms with Gasteiger partial charge in [-0.2, -0.15) is 0 Å². The number of hydrogen-bond donors (Lipinski definition) is 0. The largest absolute Gasteiger partial charge is 0.306 e. The predicted molar refractivity (Wildman–Crippen MR) is 102 cm³/mol. The van der Waals surface area contributed by atoms with E-state index in [1.165, 1.54) is 17.1 Å². The number of anilines is 1. The summed E-state index contributed by atoms with van der Waals surface area (Å²) >= 11 is 3.97. The molecule has 1 fully saturated rings. The van der Waals surface area contributed by atoms with E-state index in [2.05, 4.69) is 12.1 Å². The molecule has 0 saturated carbocycles. The van der Waals surface area contributed by atoms with Gasteiger partial charge in [0.25, 0.3) is 5.91 Å². The van der Waals surface area contributed by atoms with Gasteiger partial charge in [0.2, 0.25) is 0 Å². The zero-order chi connectivity index (χ0) is 16.2. The van der Waals surface area contributed by atoms with Gasteiger partial charge in [-0.25, -0.2) is 0 Å². The smallest absolute Gasteiger partial charge is 0.258 e. The SMILES string of the molecule is CC(C)N(C(=O)c1ccc(C2SCCS2)cc1)c1ccccc1. The van der Waals surface area contributed by atoms with E-state index in [1.807, 2.05) is 84.7 Å². The van der Waals surface area contributed by atoms with Gasteiger partial charge in [-0.15, -0.1) is 23.5 Å². The van der Waals surface area contributed by atoms with Gasteiger partial charge in [-0.1, -0.05) is 30.3 Å². The predicted octanol–water partition coefficient (Wildman–Crippen LogP) is 5.22. The third-order valence-electron chi connectivity index (χ3n) is 3.82. The van der Waals surface area contributed by atoms with Gasteiger partial charge in [0, 0.05) is 28.8 Å². The molecule has 2 aromatic carbocycles. The topological polar surface area (TPSA) is 20.3 Å². The zero-order valence-corrected chi connectivity index (χ0v) is 15.1. The maximum atomic E-state index is 12.9. The molecule has 0 spiro atoms. The van der Waals surface area contributed by atoms with Crippen LogP contribution in [0.4, 0.5) is 5.69 Å². The Labute approximate surface area is 146 Å². The maximum absolute atomic E-state index is 12.9. The highest BCUT2D eigenvalue weighted by Gasteiger charge is 2.22. The zero-order valence-electron chi connectivity index (χ0n) is 13.4. The second-order valence-electron chi connectivity index (χ2n) is 5.80. The second kappa shape index (κ2) is 7.45. The van der Waals surface area contributed by atoms with Gasteiger partial charge in [-0.3, -0.25) is 4.79 Å². The van der Waals surface area contributed by atoms with Crippen LogP contribution in [0.3, 0.4) is 0 Å². The monoisotopic (exact) mass is 343 g/mol. The number of hydrogen-bond acceptors (Lipinski definition) is 3. The van der Waals surface area contributed by atoms with E-state index in [4.69, 9.17) is 0 Å². The van der Waals surface area contributed by atoms with Crippen molar-refractivity contribution in [2.75, 3.05) is 16.4 Å². The van der Waals surface area contributed by atoms with Crippen molar-refractivity contribution >= 4 is 35.1 Å². The van der Waals surface area contributed by atoms with Crippen LogP contribution in [-0.4, -0.2) is 23.5 Å². The molecule has 0 aromatic heterocycles. The number of para-hydroxylation sites is 1. The molecule has 0 radical (unpaired) electrons. The van der Waals surface area contributed by atoms with Crippen LogP contribution in [0.1, 0.15) is 34.4 Å². The van der Waals surface area contributed by atoms with E-state index in [0.717, 1.165) is 11.3 Å². The average Bonchev–Trinajstić information content (AvgIpc) is 3.10. The highest BCUT2D eigenvalue weighted by molar-refractivity contribution is 8.19. The number of nitrogens with zero attached hydrogens (tertiary/aromatic N) is 1. The summed E-state index contributed by atoms with van der Waals surface area (Å²) in [6, 6.07) is 18.1. The minimum absolute atomic E-state index is 0.0597. The van der Waals surface area contributed by atoms with Crippen molar-refractivity contribution in [3.8, 4) is 0 Å². The maximum Gasteiger partial charge on any atom is 0.258 e. The minimum Gasteiger partial charge on any atom is -0.306 e. The summed E-state index contributed by atoms with van der Waals surface area (Å²) in [4.78, 5) is 14.8. The molecular formula is C19H21NOS2. The van der Waals surface area contributed by atoms with Crippen LogP contribution in [0.15, 0.2) is 54.6 Å². The Balaban J connectivity index is 1.83. The lowest BCUT2D eigenvalue weighted by molar-refractivity contribution is 0.0980. The number of carbonyl (C=O) groups excluding carboxylic acids is 1. The Morgan fingerprint density at radius 2 is 1.61 bits per heavy atom. The molecule has 4 heteroatoms. The molecule has 1 aliphatic heterocycles. The van der Waals surface area contributed by atoms with Crippen LogP contribution in [0.2, 0.25) is 0 Å². The number of benzene rings is 2. The number of thioether (sulfide) groups is 2. The van der Waals surface area contributed by atoms with Crippen LogP contribution in [0.25, 0.3) is 0 Å². The van der Waals surface area contributed by atoms with Crippen LogP contribution >= 0.6 is 23.5 Å². The molecule has 2 aromatic rings. The van der Waals surface area contributed by atoms with Crippen molar-refractivity contribution in [3.05, 3.63) is 65.7 Å². The van der Waals surface area contributed by atoms with E-state index in [9.17, 15) is 4.79 Å². The van der Waals surface area contributed by atoms with E-state index in [-0.39, 0.29) is 11.9 Å². The van der Waals surface area contributed by atoms with Crippen molar-refractivity contribution < 1.29 is 4.79 Å². The Hall–Kier alpha value is -1.39. The van der Waals surface area contributed by atoms with Gasteiger partial charge in [0.15, 0.2) is 0 Å². The van der Waals surface area contributed by atoms with Crippen LogP contribution in [0.5, 0.6) is 0 Å². The van der Waals surface area contributed by atoms with E-state index >= 15 is 0 Å². The molecule has 120 valence electrons. The average molecular weight is 344 g/mol. The third-order valence-corrected chi connectivity index (χ3v) is 6.93. The fraction of sp³-hybridized carbons (Fsp3) is 0.316. The van der Waals surface area contributed by atoms with Crippen LogP contribution in [-0.2, 0) is 0 Å². The summed E-state index contributed by atoms with van der Waals surface area (Å²) < 4.78 is 0.523. The summed E-state index contributed by atoms with van der Waals surface area (Å²) in [6.45, 7) is 4.09. The van der Waals surface area contributed by atoms with Crippen LogP contribution in [0, 0.1) is 0 Å². The molecule has 1 heterocycles. The summed E-state index contributed by atoms with van der Waals surface area (Å²) in [5, 5.41) is 0. The Bertz CT molecular complexity index is 649. The van der Waals surface area contributed by atoms with Gasteiger partial charge < -0.3 is 4.90 Å². The standard InChI is InChI=1S/C19H21NOS2/c1-14(2)20(17-6-4-3-5-7-17)18(21)15-8-10-16(11-9-15)19-22-12-13-23-19/h3-11,14,19H,12-13H2,1-2H3. The normalized spacial score (nSPS) is 15.1. The van der Waals surface area contributed by atoms with E-state index < -0.39 is 0 Å². The first-order valence-corrected chi connectivity index (χ1v) is 9.98. The quantitative estimate of drug-likeness (QED) is 0.759. The number of amides is 1. The molecule has 2 nitrogen and oxygen atoms in total. The highest BCUT2D eigenvalue weighted by Crippen LogP contribution is 2.45.